The Kier molecular flexibility index (Phi) is 7.17. The van der Waals surface area contributed by atoms with E-state index in [1.165, 1.54) is 21.8 Å². The molecule has 11 nitrogen and oxygen atoms in total. The molecule has 1 aliphatic heterocycles. The van der Waals surface area contributed by atoms with Gasteiger partial charge < -0.3 is 9.80 Å². The second-order valence-electron chi connectivity index (χ2n) is 10.3. The Labute approximate surface area is 241 Å². The van der Waals surface area contributed by atoms with Crippen LogP contribution >= 0.6 is 23.3 Å². The number of likely N-dealkylation sites (tertiary alicyclic amines) is 1. The maximum atomic E-state index is 13.4. The lowest BCUT2D eigenvalue weighted by Crippen LogP contribution is -2.36. The number of carbonyl (C=O) groups is 1. The molecule has 1 aliphatic carbocycles. The van der Waals surface area contributed by atoms with Crippen molar-refractivity contribution in [1.82, 2.24) is 28.2 Å². The van der Waals surface area contributed by atoms with E-state index in [0.29, 0.717) is 52.1 Å². The van der Waals surface area contributed by atoms with Gasteiger partial charge in [0, 0.05) is 43.9 Å². The molecule has 4 aromatic rings. The average Bonchev–Trinajstić information content (AvgIpc) is 3.71. The lowest BCUT2D eigenvalue weighted by molar-refractivity contribution is 0.218. The molecule has 2 fully saturated rings. The van der Waals surface area contributed by atoms with Crippen LogP contribution in [-0.2, 0) is 10.0 Å². The number of fused-ring (bicyclic) bond motifs is 2. The molecule has 2 aliphatic rings. The highest BCUT2D eigenvalue weighted by Crippen LogP contribution is 2.42. The highest BCUT2D eigenvalue weighted by molar-refractivity contribution is 7.99. The van der Waals surface area contributed by atoms with E-state index >= 15 is 0 Å². The molecule has 3 atom stereocenters. The number of thioether (sulfide) groups is 1. The van der Waals surface area contributed by atoms with E-state index in [0.717, 1.165) is 24.2 Å². The summed E-state index contributed by atoms with van der Waals surface area (Å²) < 4.78 is 32.2. The van der Waals surface area contributed by atoms with E-state index in [9.17, 15) is 13.2 Å². The van der Waals surface area contributed by atoms with Gasteiger partial charge in [0.05, 0.1) is 10.3 Å². The van der Waals surface area contributed by atoms with Gasteiger partial charge in [0.15, 0.2) is 5.65 Å². The zero-order valence-electron chi connectivity index (χ0n) is 22.4. The van der Waals surface area contributed by atoms with Crippen LogP contribution in [0.25, 0.3) is 11.0 Å². The van der Waals surface area contributed by atoms with E-state index in [2.05, 4.69) is 29.5 Å². The summed E-state index contributed by atoms with van der Waals surface area (Å²) in [6.45, 7) is 5.35. The molecule has 1 saturated carbocycles. The molecule has 3 aromatic heterocycles. The molecule has 14 heteroatoms. The molecule has 0 radical (unpaired) electrons. The Morgan fingerprint density at radius 3 is 2.58 bits per heavy atom. The topological polar surface area (TPSA) is 126 Å². The first-order valence-corrected chi connectivity index (χ1v) is 16.3. The van der Waals surface area contributed by atoms with Crippen molar-refractivity contribution in [2.75, 3.05) is 36.1 Å². The summed E-state index contributed by atoms with van der Waals surface area (Å²) in [7, 11) is -1.79. The Bertz CT molecular complexity index is 1640. The van der Waals surface area contributed by atoms with Gasteiger partial charge in [0.2, 0.25) is 10.3 Å². The highest BCUT2D eigenvalue weighted by atomic mass is 32.2. The number of hydrogen-bond donors (Lipinski definition) is 1. The number of urea groups is 1. The Hall–Kier alpha value is -3.23. The minimum absolute atomic E-state index is 0.128. The number of nitrogens with one attached hydrogen (secondary N) is 1. The van der Waals surface area contributed by atoms with E-state index < -0.39 is 10.0 Å². The van der Waals surface area contributed by atoms with Crippen LogP contribution < -0.4 is 10.2 Å². The zero-order valence-corrected chi connectivity index (χ0v) is 24.8. The zero-order chi connectivity index (χ0) is 28.0. The number of amides is 2. The number of aromatic nitrogens is 5. The first-order valence-electron chi connectivity index (χ1n) is 13.1. The molecule has 40 heavy (non-hydrogen) atoms. The molecule has 4 heterocycles. The van der Waals surface area contributed by atoms with Crippen molar-refractivity contribution in [3.05, 3.63) is 48.4 Å². The van der Waals surface area contributed by atoms with Crippen molar-refractivity contribution in [3.8, 4) is 0 Å². The van der Waals surface area contributed by atoms with Crippen molar-refractivity contribution in [1.29, 1.82) is 0 Å². The van der Waals surface area contributed by atoms with Crippen molar-refractivity contribution in [2.24, 2.45) is 11.8 Å². The van der Waals surface area contributed by atoms with E-state index in [1.54, 1.807) is 48.3 Å². The second-order valence-corrected chi connectivity index (χ2v) is 14.1. The third-order valence-corrected chi connectivity index (χ3v) is 11.0. The number of nitrogens with zero attached hydrogens (tertiary/aromatic N) is 7. The SMILES string of the molecule is CCSc1nsc(NC(=O)N2C[C@H]3C[C@H](N(C)c4ncnc5c4ccn5S(=O)(=O)c4ccc(C)cc4)C[C@H]3C2)n1. The highest BCUT2D eigenvalue weighted by Gasteiger charge is 2.44. The monoisotopic (exact) mass is 598 g/mol. The molecule has 0 bridgehead atoms. The fraction of sp³-hybridized carbons (Fsp3) is 0.423. The molecule has 1 saturated heterocycles. The van der Waals surface area contributed by atoms with Crippen LogP contribution in [0.5, 0.6) is 0 Å². The predicted molar refractivity (Wildman–Crippen MR) is 157 cm³/mol. The molecule has 6 rings (SSSR count). The number of carbonyl (C=O) groups excluding carboxylic acids is 1. The van der Waals surface area contributed by atoms with Gasteiger partial charge in [-0.05, 0) is 55.6 Å². The minimum Gasteiger partial charge on any atom is -0.356 e. The van der Waals surface area contributed by atoms with Gasteiger partial charge >= 0.3 is 6.03 Å². The summed E-state index contributed by atoms with van der Waals surface area (Å²) >= 11 is 2.76. The number of hydrogen-bond acceptors (Lipinski definition) is 10. The first kappa shape index (κ1) is 27.0. The summed E-state index contributed by atoms with van der Waals surface area (Å²) in [6.07, 6.45) is 4.83. The lowest BCUT2D eigenvalue weighted by atomic mass is 10.0. The number of benzene rings is 1. The Morgan fingerprint density at radius 1 is 1.15 bits per heavy atom. The van der Waals surface area contributed by atoms with Crippen LogP contribution in [0.1, 0.15) is 25.3 Å². The van der Waals surface area contributed by atoms with Gasteiger partial charge in [0.1, 0.15) is 12.1 Å². The van der Waals surface area contributed by atoms with E-state index in [-0.39, 0.29) is 17.0 Å². The first-order chi connectivity index (χ1) is 19.2. The maximum Gasteiger partial charge on any atom is 0.323 e. The van der Waals surface area contributed by atoms with Crippen LogP contribution in [0, 0.1) is 18.8 Å². The summed E-state index contributed by atoms with van der Waals surface area (Å²) in [5.74, 6) is 2.37. The molecule has 0 unspecified atom stereocenters. The number of anilines is 2. The third kappa shape index (κ3) is 4.92. The Balaban J connectivity index is 1.14. The number of rotatable bonds is 7. The molecule has 2 amide bonds. The van der Waals surface area contributed by atoms with Crippen molar-refractivity contribution < 1.29 is 13.2 Å². The van der Waals surface area contributed by atoms with Gasteiger partial charge in [-0.3, -0.25) is 5.32 Å². The summed E-state index contributed by atoms with van der Waals surface area (Å²) in [4.78, 5) is 30.4. The minimum atomic E-state index is -3.80. The van der Waals surface area contributed by atoms with Crippen molar-refractivity contribution >= 4 is 61.3 Å². The summed E-state index contributed by atoms with van der Waals surface area (Å²) in [6, 6.07) is 8.67. The molecular formula is C26H30N8O3S3. The quantitative estimate of drug-likeness (QED) is 0.310. The van der Waals surface area contributed by atoms with Gasteiger partial charge in [-0.25, -0.2) is 27.2 Å². The smallest absolute Gasteiger partial charge is 0.323 e. The van der Waals surface area contributed by atoms with Crippen LogP contribution in [0.15, 0.2) is 52.9 Å². The standard InChI is InChI=1S/C26H30N8O3S3/c1-4-38-25-29-24(39-31-25)30-26(35)33-13-17-11-19(12-18(17)14-33)32(3)22-21-9-10-34(23(21)28-15-27-22)40(36,37)20-7-5-16(2)6-8-20/h5-10,15,17-19H,4,11-14H2,1-3H3,(H,29,30,31,35)/t17-,18+,19+. The predicted octanol–water partition coefficient (Wildman–Crippen LogP) is 4.32. The molecule has 210 valence electrons. The van der Waals surface area contributed by atoms with Crippen molar-refractivity contribution in [3.63, 3.8) is 0 Å². The van der Waals surface area contributed by atoms with Crippen LogP contribution in [-0.4, -0.2) is 74.6 Å². The van der Waals surface area contributed by atoms with Crippen LogP contribution in [0.4, 0.5) is 15.7 Å². The van der Waals surface area contributed by atoms with Crippen molar-refractivity contribution in [2.45, 2.75) is 42.8 Å². The molecule has 0 spiro atoms. The summed E-state index contributed by atoms with van der Waals surface area (Å²) in [5, 5.41) is 4.81. The van der Waals surface area contributed by atoms with Crippen LogP contribution in [0.2, 0.25) is 0 Å². The second kappa shape index (κ2) is 10.6. The van der Waals surface area contributed by atoms with Gasteiger partial charge in [-0.15, -0.1) is 0 Å². The maximum absolute atomic E-state index is 13.4. The fourth-order valence-corrected chi connectivity index (χ4v) is 8.32. The van der Waals surface area contributed by atoms with Gasteiger partial charge in [0.25, 0.3) is 10.0 Å². The third-order valence-electron chi connectivity index (χ3n) is 7.79. The van der Waals surface area contributed by atoms with E-state index in [4.69, 9.17) is 0 Å². The summed E-state index contributed by atoms with van der Waals surface area (Å²) in [5.41, 5.74) is 1.35. The average molecular weight is 599 g/mol. The largest absolute Gasteiger partial charge is 0.356 e. The molecule has 1 aromatic carbocycles. The molecular weight excluding hydrogens is 569 g/mol. The van der Waals surface area contributed by atoms with E-state index in [1.807, 2.05) is 25.8 Å². The lowest BCUT2D eigenvalue weighted by Gasteiger charge is -2.28. The fourth-order valence-electron chi connectivity index (χ4n) is 5.76. The normalized spacial score (nSPS) is 20.7. The van der Waals surface area contributed by atoms with Gasteiger partial charge in [-0.2, -0.15) is 9.36 Å². The van der Waals surface area contributed by atoms with Gasteiger partial charge in [-0.1, -0.05) is 36.4 Å². The number of aryl methyl sites for hydroxylation is 1. The van der Waals surface area contributed by atoms with Crippen LogP contribution in [0.3, 0.4) is 0 Å². The Morgan fingerprint density at radius 2 is 1.88 bits per heavy atom. The molecule has 1 N–H and O–H groups in total.